The monoisotopic (exact) mass is 440 g/mol. The molecule has 2 aromatic rings. The highest BCUT2D eigenvalue weighted by Gasteiger charge is 2.37. The molecule has 1 aromatic heterocycles. The first-order valence-electron chi connectivity index (χ1n) is 10.3. The Morgan fingerprint density at radius 3 is 2.42 bits per heavy atom. The minimum absolute atomic E-state index is 0.171. The Hall–Kier alpha value is -2.79. The molecule has 3 rings (SSSR count). The van der Waals surface area contributed by atoms with Crippen molar-refractivity contribution in [2.45, 2.75) is 41.5 Å². The van der Waals surface area contributed by atoms with Crippen LogP contribution in [0.5, 0.6) is 0 Å². The molecule has 1 amide bonds. The number of aromatic nitrogens is 1. The molecule has 5 nitrogen and oxygen atoms in total. The van der Waals surface area contributed by atoms with Gasteiger partial charge in [0.2, 0.25) is 0 Å². The maximum Gasteiger partial charge on any atom is 0.340 e. The van der Waals surface area contributed by atoms with E-state index in [0.29, 0.717) is 28.4 Å². The Morgan fingerprint density at radius 1 is 1.16 bits per heavy atom. The van der Waals surface area contributed by atoms with Gasteiger partial charge in [-0.25, -0.2) is 4.79 Å². The van der Waals surface area contributed by atoms with E-state index in [1.807, 2.05) is 58.9 Å². The van der Waals surface area contributed by atoms with Gasteiger partial charge in [-0.2, -0.15) is 0 Å². The predicted octanol–water partition coefficient (Wildman–Crippen LogP) is 5.38. The summed E-state index contributed by atoms with van der Waals surface area (Å²) in [5, 5.41) is 0.701. The molecule has 2 heterocycles. The van der Waals surface area contributed by atoms with Gasteiger partial charge in [-0.05, 0) is 69.0 Å². The molecule has 0 saturated carbocycles. The molecule has 0 spiro atoms. The third-order valence-corrected chi connectivity index (χ3v) is 6.04. The number of carbonyl (C=O) groups is 2. The highest BCUT2D eigenvalue weighted by Crippen LogP contribution is 2.34. The van der Waals surface area contributed by atoms with Crippen molar-refractivity contribution in [3.05, 3.63) is 68.6 Å². The minimum atomic E-state index is -0.498. The van der Waals surface area contributed by atoms with Gasteiger partial charge in [-0.15, -0.1) is 0 Å². The average molecular weight is 441 g/mol. The number of hydrogen-bond donors (Lipinski definition) is 0. The summed E-state index contributed by atoms with van der Waals surface area (Å²) >= 11 is 6.34. The van der Waals surface area contributed by atoms with E-state index in [1.165, 1.54) is 7.11 Å². The Labute approximate surface area is 188 Å². The average Bonchev–Trinajstić information content (AvgIpc) is 3.11. The maximum absolute atomic E-state index is 13.2. The van der Waals surface area contributed by atoms with Gasteiger partial charge in [0.25, 0.3) is 5.91 Å². The SMILES string of the molecule is COC(=O)C1=C(C)N(CC(C)C)C(=O)/C1=C\c1cc(C)n(-c2ccc(C)c(Cl)c2)c1C. The topological polar surface area (TPSA) is 51.5 Å². The molecule has 1 aliphatic rings. The van der Waals surface area contributed by atoms with Crippen LogP contribution in [-0.4, -0.2) is 35.0 Å². The van der Waals surface area contributed by atoms with E-state index in [-0.39, 0.29) is 11.8 Å². The molecule has 0 bridgehead atoms. The van der Waals surface area contributed by atoms with Crippen molar-refractivity contribution in [3.8, 4) is 5.69 Å². The molecule has 1 aromatic carbocycles. The third-order valence-electron chi connectivity index (χ3n) is 5.63. The van der Waals surface area contributed by atoms with Crippen LogP contribution in [0.4, 0.5) is 0 Å². The summed E-state index contributed by atoms with van der Waals surface area (Å²) in [6, 6.07) is 7.95. The fourth-order valence-electron chi connectivity index (χ4n) is 4.02. The van der Waals surface area contributed by atoms with Crippen LogP contribution in [0, 0.1) is 26.7 Å². The molecule has 0 radical (unpaired) electrons. The Bertz CT molecular complexity index is 1120. The van der Waals surface area contributed by atoms with Crippen molar-refractivity contribution in [1.82, 2.24) is 9.47 Å². The number of amides is 1. The lowest BCUT2D eigenvalue weighted by molar-refractivity contribution is -0.136. The maximum atomic E-state index is 13.2. The van der Waals surface area contributed by atoms with Crippen LogP contribution in [0.15, 0.2) is 41.1 Å². The lowest BCUT2D eigenvalue weighted by Crippen LogP contribution is -2.28. The number of methoxy groups -OCH3 is 1. The van der Waals surface area contributed by atoms with Crippen LogP contribution < -0.4 is 0 Å². The number of halogens is 1. The first kappa shape index (κ1) is 22.9. The largest absolute Gasteiger partial charge is 0.465 e. The van der Waals surface area contributed by atoms with Gasteiger partial charge in [-0.3, -0.25) is 4.79 Å². The van der Waals surface area contributed by atoms with Gasteiger partial charge in [0.05, 0.1) is 18.3 Å². The second-order valence-corrected chi connectivity index (χ2v) is 8.82. The van der Waals surface area contributed by atoms with Crippen LogP contribution in [-0.2, 0) is 14.3 Å². The summed E-state index contributed by atoms with van der Waals surface area (Å²) in [5.74, 6) is -0.397. The fourth-order valence-corrected chi connectivity index (χ4v) is 4.20. The van der Waals surface area contributed by atoms with Crippen molar-refractivity contribution in [2.75, 3.05) is 13.7 Å². The number of nitrogens with zero attached hydrogens (tertiary/aromatic N) is 2. The van der Waals surface area contributed by atoms with E-state index in [1.54, 1.807) is 17.9 Å². The van der Waals surface area contributed by atoms with Gasteiger partial charge >= 0.3 is 5.97 Å². The number of allylic oxidation sites excluding steroid dienone is 1. The summed E-state index contributed by atoms with van der Waals surface area (Å²) in [7, 11) is 1.34. The van der Waals surface area contributed by atoms with Gasteiger partial charge in [0.15, 0.2) is 0 Å². The number of aryl methyl sites for hydroxylation is 2. The number of esters is 1. The number of benzene rings is 1. The summed E-state index contributed by atoms with van der Waals surface area (Å²) in [4.78, 5) is 27.4. The Morgan fingerprint density at radius 2 is 1.84 bits per heavy atom. The minimum Gasteiger partial charge on any atom is -0.465 e. The lowest BCUT2D eigenvalue weighted by Gasteiger charge is -2.19. The van der Waals surface area contributed by atoms with E-state index < -0.39 is 5.97 Å². The van der Waals surface area contributed by atoms with Crippen molar-refractivity contribution >= 4 is 29.6 Å². The smallest absolute Gasteiger partial charge is 0.340 e. The highest BCUT2D eigenvalue weighted by atomic mass is 35.5. The van der Waals surface area contributed by atoms with E-state index in [9.17, 15) is 9.59 Å². The molecular weight excluding hydrogens is 412 g/mol. The summed E-state index contributed by atoms with van der Waals surface area (Å²) < 4.78 is 7.09. The third kappa shape index (κ3) is 4.19. The molecule has 6 heteroatoms. The van der Waals surface area contributed by atoms with Gasteiger partial charge < -0.3 is 14.2 Å². The molecule has 31 heavy (non-hydrogen) atoms. The zero-order valence-corrected chi connectivity index (χ0v) is 19.9. The molecular formula is C25H29ClN2O3. The van der Waals surface area contributed by atoms with Crippen LogP contribution in [0.2, 0.25) is 5.02 Å². The summed E-state index contributed by atoms with van der Waals surface area (Å²) in [5.41, 5.74) is 6.14. The molecule has 164 valence electrons. The number of ether oxygens (including phenoxy) is 1. The molecule has 1 aliphatic heterocycles. The van der Waals surface area contributed by atoms with Crippen LogP contribution in [0.1, 0.15) is 43.3 Å². The Balaban J connectivity index is 2.13. The molecule has 0 atom stereocenters. The normalized spacial score (nSPS) is 15.6. The first-order chi connectivity index (χ1) is 14.6. The number of carbonyl (C=O) groups excluding carboxylic acids is 2. The molecule has 0 saturated heterocycles. The predicted molar refractivity (Wildman–Crippen MR) is 124 cm³/mol. The van der Waals surface area contributed by atoms with E-state index in [4.69, 9.17) is 16.3 Å². The van der Waals surface area contributed by atoms with Crippen molar-refractivity contribution in [2.24, 2.45) is 5.92 Å². The molecule has 0 N–H and O–H groups in total. The number of hydrogen-bond acceptors (Lipinski definition) is 3. The summed E-state index contributed by atoms with van der Waals surface area (Å²) in [6.07, 6.45) is 1.80. The summed E-state index contributed by atoms with van der Waals surface area (Å²) in [6.45, 7) is 12.4. The first-order valence-corrected chi connectivity index (χ1v) is 10.7. The van der Waals surface area contributed by atoms with Crippen LogP contribution in [0.25, 0.3) is 11.8 Å². The van der Waals surface area contributed by atoms with E-state index in [2.05, 4.69) is 4.57 Å². The second-order valence-electron chi connectivity index (χ2n) is 8.41. The second kappa shape index (κ2) is 8.75. The van der Waals surface area contributed by atoms with E-state index in [0.717, 1.165) is 28.2 Å². The highest BCUT2D eigenvalue weighted by molar-refractivity contribution is 6.31. The van der Waals surface area contributed by atoms with Gasteiger partial charge in [0.1, 0.15) is 0 Å². The van der Waals surface area contributed by atoms with Gasteiger partial charge in [0, 0.05) is 34.3 Å². The van der Waals surface area contributed by atoms with Gasteiger partial charge in [-0.1, -0.05) is 31.5 Å². The fraction of sp³-hybridized carbons (Fsp3) is 0.360. The zero-order valence-electron chi connectivity index (χ0n) is 19.2. The van der Waals surface area contributed by atoms with Crippen molar-refractivity contribution in [1.29, 1.82) is 0 Å². The van der Waals surface area contributed by atoms with E-state index >= 15 is 0 Å². The molecule has 0 aliphatic carbocycles. The van der Waals surface area contributed by atoms with Crippen LogP contribution in [0.3, 0.4) is 0 Å². The molecule has 0 fully saturated rings. The number of rotatable bonds is 5. The quantitative estimate of drug-likeness (QED) is 0.463. The molecule has 0 unspecified atom stereocenters. The zero-order chi connectivity index (χ0) is 23.0. The van der Waals surface area contributed by atoms with Crippen molar-refractivity contribution < 1.29 is 14.3 Å². The van der Waals surface area contributed by atoms with Crippen LogP contribution >= 0.6 is 11.6 Å². The van der Waals surface area contributed by atoms with Crippen molar-refractivity contribution in [3.63, 3.8) is 0 Å². The standard InChI is InChI=1S/C25H29ClN2O3/c1-14(2)13-27-18(6)23(25(30)31-7)21(24(27)29)11-19-10-16(4)28(17(19)5)20-9-8-15(3)22(26)12-20/h8-12,14H,13H2,1-7H3/b21-11-. The lowest BCUT2D eigenvalue weighted by atomic mass is 10.0. The Kier molecular flexibility index (Phi) is 6.46.